The molecule has 6 nitrogen and oxygen atoms in total. The van der Waals surface area contributed by atoms with Crippen LogP contribution in [0.25, 0.3) is 0 Å². The van der Waals surface area contributed by atoms with Crippen LogP contribution in [0.3, 0.4) is 0 Å². The van der Waals surface area contributed by atoms with E-state index in [4.69, 9.17) is 5.73 Å². The number of nitrogens with one attached hydrogen (secondary N) is 2. The molecule has 0 unspecified atom stereocenters. The Bertz CT molecular complexity index is 532. The lowest BCUT2D eigenvalue weighted by Gasteiger charge is -2.14. The van der Waals surface area contributed by atoms with Crippen molar-refractivity contribution in [1.82, 2.24) is 5.32 Å². The number of para-hydroxylation sites is 2. The molecule has 0 saturated heterocycles. The third-order valence-corrected chi connectivity index (χ3v) is 2.34. The quantitative estimate of drug-likeness (QED) is 0.551. The normalized spacial score (nSPS) is 11.9. The molecule has 1 rings (SSSR count). The summed E-state index contributed by atoms with van der Waals surface area (Å²) in [6.07, 6.45) is -4.03. The van der Waals surface area contributed by atoms with Crippen molar-refractivity contribution in [3.05, 3.63) is 24.3 Å². The van der Waals surface area contributed by atoms with E-state index in [0.29, 0.717) is 6.54 Å². The van der Waals surface area contributed by atoms with Gasteiger partial charge in [0.25, 0.3) is 0 Å². The zero-order valence-corrected chi connectivity index (χ0v) is 11.9. The van der Waals surface area contributed by atoms with Crippen molar-refractivity contribution >= 4 is 17.6 Å². The molecule has 0 saturated carbocycles. The molecule has 1 aromatic rings. The summed E-state index contributed by atoms with van der Waals surface area (Å²) in [5.41, 5.74) is 5.53. The van der Waals surface area contributed by atoms with Crippen LogP contribution in [-0.4, -0.2) is 31.3 Å². The van der Waals surface area contributed by atoms with Crippen LogP contribution in [0.1, 0.15) is 13.3 Å². The van der Waals surface area contributed by atoms with Crippen LogP contribution in [0.15, 0.2) is 29.3 Å². The SMILES string of the molecule is CCCNC(=O)CN=C(N)Nc1ccccc1OC(F)(F)F. The lowest BCUT2D eigenvalue weighted by Crippen LogP contribution is -2.29. The fourth-order valence-corrected chi connectivity index (χ4v) is 1.44. The second kappa shape index (κ2) is 8.11. The molecule has 122 valence electrons. The number of guanidine groups is 1. The number of hydrogen-bond donors (Lipinski definition) is 3. The fourth-order valence-electron chi connectivity index (χ4n) is 1.44. The fraction of sp³-hybridized carbons (Fsp3) is 0.385. The van der Waals surface area contributed by atoms with Crippen LogP contribution < -0.4 is 21.1 Å². The van der Waals surface area contributed by atoms with Crippen LogP contribution in [-0.2, 0) is 4.79 Å². The molecular weight excluding hydrogens is 301 g/mol. The van der Waals surface area contributed by atoms with E-state index < -0.39 is 12.1 Å². The summed E-state index contributed by atoms with van der Waals surface area (Å²) in [5, 5.41) is 5.06. The predicted octanol–water partition coefficient (Wildman–Crippen LogP) is 1.84. The van der Waals surface area contributed by atoms with E-state index in [1.165, 1.54) is 18.2 Å². The first-order chi connectivity index (χ1) is 10.3. The highest BCUT2D eigenvalue weighted by Crippen LogP contribution is 2.29. The smallest absolute Gasteiger partial charge is 0.404 e. The Morgan fingerprint density at radius 1 is 1.36 bits per heavy atom. The number of nitrogens with two attached hydrogens (primary N) is 1. The summed E-state index contributed by atoms with van der Waals surface area (Å²) in [4.78, 5) is 15.1. The zero-order valence-electron chi connectivity index (χ0n) is 11.9. The summed E-state index contributed by atoms with van der Waals surface area (Å²) in [6.45, 7) is 2.20. The van der Waals surface area contributed by atoms with Gasteiger partial charge in [-0.3, -0.25) is 4.79 Å². The standard InChI is InChI=1S/C13H17F3N4O2/c1-2-7-18-11(21)8-19-12(17)20-9-5-3-4-6-10(9)22-13(14,15)16/h3-6H,2,7-8H2,1H3,(H,18,21)(H3,17,19,20). The van der Waals surface area contributed by atoms with E-state index in [1.807, 2.05) is 6.92 Å². The number of rotatable bonds is 6. The maximum atomic E-state index is 12.3. The number of aliphatic imine (C=N–C) groups is 1. The third kappa shape index (κ3) is 6.82. The average Bonchev–Trinajstić information content (AvgIpc) is 2.43. The molecule has 1 aromatic carbocycles. The van der Waals surface area contributed by atoms with Gasteiger partial charge in [-0.1, -0.05) is 19.1 Å². The first kappa shape index (κ1) is 17.6. The summed E-state index contributed by atoms with van der Waals surface area (Å²) in [5.74, 6) is -0.958. The molecule has 0 spiro atoms. The van der Waals surface area contributed by atoms with Crippen molar-refractivity contribution in [2.75, 3.05) is 18.4 Å². The molecule has 0 aliphatic carbocycles. The number of benzene rings is 1. The Hall–Kier alpha value is -2.45. The van der Waals surface area contributed by atoms with Gasteiger partial charge in [0.05, 0.1) is 5.69 Å². The van der Waals surface area contributed by atoms with Crippen molar-refractivity contribution in [1.29, 1.82) is 0 Å². The van der Waals surface area contributed by atoms with Crippen molar-refractivity contribution in [3.8, 4) is 5.75 Å². The molecule has 0 aromatic heterocycles. The zero-order chi connectivity index (χ0) is 16.6. The molecule has 9 heteroatoms. The molecular formula is C13H17F3N4O2. The average molecular weight is 318 g/mol. The number of carbonyl (C=O) groups excluding carboxylic acids is 1. The van der Waals surface area contributed by atoms with Gasteiger partial charge in [-0.25, -0.2) is 4.99 Å². The highest BCUT2D eigenvalue weighted by Gasteiger charge is 2.32. The highest BCUT2D eigenvalue weighted by atomic mass is 19.4. The Balaban J connectivity index is 2.68. The monoisotopic (exact) mass is 318 g/mol. The van der Waals surface area contributed by atoms with Gasteiger partial charge in [0.1, 0.15) is 6.54 Å². The maximum Gasteiger partial charge on any atom is 0.573 e. The number of carbonyl (C=O) groups is 1. The van der Waals surface area contributed by atoms with Gasteiger partial charge in [-0.05, 0) is 18.6 Å². The lowest BCUT2D eigenvalue weighted by molar-refractivity contribution is -0.274. The number of anilines is 1. The van der Waals surface area contributed by atoms with Crippen LogP contribution in [0.2, 0.25) is 0 Å². The molecule has 0 aliphatic rings. The van der Waals surface area contributed by atoms with Gasteiger partial charge in [-0.15, -0.1) is 13.2 Å². The predicted molar refractivity (Wildman–Crippen MR) is 76.5 cm³/mol. The van der Waals surface area contributed by atoms with E-state index in [9.17, 15) is 18.0 Å². The summed E-state index contributed by atoms with van der Waals surface area (Å²) in [6, 6.07) is 5.38. The van der Waals surface area contributed by atoms with Crippen LogP contribution >= 0.6 is 0 Å². The first-order valence-corrected chi connectivity index (χ1v) is 6.50. The molecule has 0 bridgehead atoms. The largest absolute Gasteiger partial charge is 0.573 e. The lowest BCUT2D eigenvalue weighted by atomic mass is 10.3. The Morgan fingerprint density at radius 2 is 2.05 bits per heavy atom. The number of hydrogen-bond acceptors (Lipinski definition) is 3. The Kier molecular flexibility index (Phi) is 6.48. The van der Waals surface area contributed by atoms with E-state index in [-0.39, 0.29) is 24.1 Å². The van der Waals surface area contributed by atoms with Crippen molar-refractivity contribution in [2.45, 2.75) is 19.7 Å². The van der Waals surface area contributed by atoms with Crippen molar-refractivity contribution in [2.24, 2.45) is 10.7 Å². The second-order valence-corrected chi connectivity index (χ2v) is 4.22. The maximum absolute atomic E-state index is 12.3. The van der Waals surface area contributed by atoms with E-state index in [2.05, 4.69) is 20.4 Å². The molecule has 0 heterocycles. The minimum atomic E-state index is -4.82. The molecule has 4 N–H and O–H groups in total. The van der Waals surface area contributed by atoms with Crippen LogP contribution in [0.5, 0.6) is 5.75 Å². The Morgan fingerprint density at radius 3 is 2.68 bits per heavy atom. The van der Waals surface area contributed by atoms with Gasteiger partial charge >= 0.3 is 6.36 Å². The molecule has 0 aliphatic heterocycles. The van der Waals surface area contributed by atoms with Crippen LogP contribution in [0, 0.1) is 0 Å². The highest BCUT2D eigenvalue weighted by molar-refractivity contribution is 5.95. The summed E-state index contributed by atoms with van der Waals surface area (Å²) >= 11 is 0. The molecule has 0 atom stereocenters. The molecule has 0 radical (unpaired) electrons. The van der Waals surface area contributed by atoms with Crippen molar-refractivity contribution < 1.29 is 22.7 Å². The topological polar surface area (TPSA) is 88.7 Å². The number of halogens is 3. The van der Waals surface area contributed by atoms with Gasteiger partial charge in [0.15, 0.2) is 11.7 Å². The van der Waals surface area contributed by atoms with Gasteiger partial charge in [0.2, 0.25) is 5.91 Å². The van der Waals surface area contributed by atoms with Crippen LogP contribution in [0.4, 0.5) is 18.9 Å². The second-order valence-electron chi connectivity index (χ2n) is 4.22. The Labute approximate surface area is 125 Å². The minimum absolute atomic E-state index is 0.00459. The number of nitrogens with zero attached hydrogens (tertiary/aromatic N) is 1. The van der Waals surface area contributed by atoms with E-state index in [1.54, 1.807) is 0 Å². The number of alkyl halides is 3. The van der Waals surface area contributed by atoms with Gasteiger partial charge in [0, 0.05) is 6.54 Å². The van der Waals surface area contributed by atoms with Gasteiger partial charge in [-0.2, -0.15) is 0 Å². The van der Waals surface area contributed by atoms with Crippen molar-refractivity contribution in [3.63, 3.8) is 0 Å². The summed E-state index contributed by atoms with van der Waals surface area (Å²) in [7, 11) is 0. The third-order valence-electron chi connectivity index (χ3n) is 2.34. The molecule has 0 fully saturated rings. The van der Waals surface area contributed by atoms with E-state index in [0.717, 1.165) is 12.5 Å². The van der Waals surface area contributed by atoms with Gasteiger partial charge < -0.3 is 21.1 Å². The first-order valence-electron chi connectivity index (χ1n) is 6.50. The molecule has 22 heavy (non-hydrogen) atoms. The minimum Gasteiger partial charge on any atom is -0.404 e. The number of ether oxygens (including phenoxy) is 1. The molecule has 1 amide bonds. The number of amides is 1. The summed E-state index contributed by atoms with van der Waals surface area (Å²) < 4.78 is 40.7. The van der Waals surface area contributed by atoms with E-state index >= 15 is 0 Å².